The maximum atomic E-state index is 12.9. The molecule has 3 aromatic rings. The number of nitrogens with zero attached hydrogens (tertiary/aromatic N) is 1. The smallest absolute Gasteiger partial charge is 0.287 e. The molecule has 0 radical (unpaired) electrons. The van der Waals surface area contributed by atoms with E-state index < -0.39 is 0 Å². The number of benzene rings is 1. The summed E-state index contributed by atoms with van der Waals surface area (Å²) in [6.07, 6.45) is 3.36. The van der Waals surface area contributed by atoms with Gasteiger partial charge in [-0.25, -0.2) is 4.39 Å². The molecule has 0 saturated carbocycles. The fourth-order valence-corrected chi connectivity index (χ4v) is 2.00. The van der Waals surface area contributed by atoms with E-state index in [2.05, 4.69) is 10.3 Å². The second-order valence-corrected chi connectivity index (χ2v) is 4.71. The summed E-state index contributed by atoms with van der Waals surface area (Å²) in [5.74, 6) is 0.108. The van der Waals surface area contributed by atoms with E-state index >= 15 is 0 Å². The maximum absolute atomic E-state index is 12.9. The number of rotatable bonds is 4. The van der Waals surface area contributed by atoms with Crippen molar-refractivity contribution in [1.29, 1.82) is 0 Å². The van der Waals surface area contributed by atoms with Crippen molar-refractivity contribution < 1.29 is 13.6 Å². The Balaban J connectivity index is 1.68. The van der Waals surface area contributed by atoms with Crippen molar-refractivity contribution in [3.63, 3.8) is 0 Å². The van der Waals surface area contributed by atoms with Crippen LogP contribution in [-0.2, 0) is 6.54 Å². The van der Waals surface area contributed by atoms with Gasteiger partial charge in [0.25, 0.3) is 5.91 Å². The zero-order valence-corrected chi connectivity index (χ0v) is 11.6. The van der Waals surface area contributed by atoms with Crippen LogP contribution < -0.4 is 5.32 Å². The van der Waals surface area contributed by atoms with Gasteiger partial charge in [0.2, 0.25) is 0 Å². The van der Waals surface area contributed by atoms with Crippen LogP contribution in [0.2, 0.25) is 0 Å². The van der Waals surface area contributed by atoms with Gasteiger partial charge in [-0.1, -0.05) is 6.07 Å². The molecule has 0 fully saturated rings. The zero-order chi connectivity index (χ0) is 15.4. The summed E-state index contributed by atoms with van der Waals surface area (Å²) in [6.45, 7) is 0.374. The van der Waals surface area contributed by atoms with Gasteiger partial charge in [-0.3, -0.25) is 9.78 Å². The quantitative estimate of drug-likeness (QED) is 0.802. The Hall–Kier alpha value is -2.95. The standard InChI is InChI=1S/C17H13FN2O2/c18-14-5-3-13(4-6-14)15-7-8-16(22-15)17(21)20-11-12-2-1-9-19-10-12/h1-10H,11H2,(H,20,21). The number of hydrogen-bond donors (Lipinski definition) is 1. The first kappa shape index (κ1) is 14.0. The third-order valence-corrected chi connectivity index (χ3v) is 3.13. The molecule has 4 nitrogen and oxygen atoms in total. The van der Waals surface area contributed by atoms with Crippen LogP contribution in [0.3, 0.4) is 0 Å². The summed E-state index contributed by atoms with van der Waals surface area (Å²) >= 11 is 0. The summed E-state index contributed by atoms with van der Waals surface area (Å²) in [7, 11) is 0. The van der Waals surface area contributed by atoms with Crippen LogP contribution >= 0.6 is 0 Å². The molecule has 0 aliphatic rings. The lowest BCUT2D eigenvalue weighted by Gasteiger charge is -2.02. The average molecular weight is 296 g/mol. The first-order valence-corrected chi connectivity index (χ1v) is 6.75. The Morgan fingerprint density at radius 2 is 1.95 bits per heavy atom. The molecule has 0 aliphatic carbocycles. The molecule has 0 atom stereocenters. The molecular weight excluding hydrogens is 283 g/mol. The third kappa shape index (κ3) is 3.20. The lowest BCUT2D eigenvalue weighted by atomic mass is 10.2. The normalized spacial score (nSPS) is 10.4. The molecular formula is C17H13FN2O2. The van der Waals surface area contributed by atoms with Crippen LogP contribution in [0.4, 0.5) is 4.39 Å². The molecule has 2 aromatic heterocycles. The first-order valence-electron chi connectivity index (χ1n) is 6.75. The Morgan fingerprint density at radius 3 is 2.68 bits per heavy atom. The van der Waals surface area contributed by atoms with E-state index in [0.29, 0.717) is 17.9 Å². The molecule has 3 rings (SSSR count). The minimum atomic E-state index is -0.315. The lowest BCUT2D eigenvalue weighted by molar-refractivity contribution is 0.0924. The summed E-state index contributed by atoms with van der Waals surface area (Å²) in [5.41, 5.74) is 1.62. The van der Waals surface area contributed by atoms with Gasteiger partial charge in [0.15, 0.2) is 5.76 Å². The van der Waals surface area contributed by atoms with Crippen molar-refractivity contribution in [2.45, 2.75) is 6.54 Å². The van der Waals surface area contributed by atoms with Crippen molar-refractivity contribution in [1.82, 2.24) is 10.3 Å². The van der Waals surface area contributed by atoms with Crippen molar-refractivity contribution >= 4 is 5.91 Å². The molecule has 0 bridgehead atoms. The number of amides is 1. The zero-order valence-electron chi connectivity index (χ0n) is 11.6. The van der Waals surface area contributed by atoms with E-state index in [1.54, 1.807) is 42.7 Å². The Morgan fingerprint density at radius 1 is 1.14 bits per heavy atom. The van der Waals surface area contributed by atoms with Crippen LogP contribution in [0.5, 0.6) is 0 Å². The molecule has 1 amide bonds. The number of carbonyl (C=O) groups is 1. The van der Waals surface area contributed by atoms with Crippen LogP contribution in [-0.4, -0.2) is 10.9 Å². The van der Waals surface area contributed by atoms with Gasteiger partial charge in [0.1, 0.15) is 11.6 Å². The molecule has 22 heavy (non-hydrogen) atoms. The second kappa shape index (κ2) is 6.22. The van der Waals surface area contributed by atoms with E-state index in [0.717, 1.165) is 5.56 Å². The molecule has 0 unspecified atom stereocenters. The molecule has 110 valence electrons. The van der Waals surface area contributed by atoms with Gasteiger partial charge >= 0.3 is 0 Å². The predicted octanol–water partition coefficient (Wildman–Crippen LogP) is 3.41. The third-order valence-electron chi connectivity index (χ3n) is 3.13. The second-order valence-electron chi connectivity index (χ2n) is 4.71. The van der Waals surface area contributed by atoms with Crippen LogP contribution in [0, 0.1) is 5.82 Å². The van der Waals surface area contributed by atoms with Gasteiger partial charge in [0, 0.05) is 24.5 Å². The summed E-state index contributed by atoms with van der Waals surface area (Å²) in [5, 5.41) is 2.76. The maximum Gasteiger partial charge on any atom is 0.287 e. The van der Waals surface area contributed by atoms with E-state index in [-0.39, 0.29) is 17.5 Å². The number of hydrogen-bond acceptors (Lipinski definition) is 3. The highest BCUT2D eigenvalue weighted by molar-refractivity contribution is 5.92. The minimum absolute atomic E-state index is 0.211. The van der Waals surface area contributed by atoms with Crippen LogP contribution in [0.1, 0.15) is 16.1 Å². The average Bonchev–Trinajstić information content (AvgIpc) is 3.04. The number of carbonyl (C=O) groups excluding carboxylic acids is 1. The minimum Gasteiger partial charge on any atom is -0.451 e. The highest BCUT2D eigenvalue weighted by atomic mass is 19.1. The first-order chi connectivity index (χ1) is 10.7. The number of aromatic nitrogens is 1. The Bertz CT molecular complexity index is 767. The predicted molar refractivity (Wildman–Crippen MR) is 79.5 cm³/mol. The lowest BCUT2D eigenvalue weighted by Crippen LogP contribution is -2.22. The fraction of sp³-hybridized carbons (Fsp3) is 0.0588. The molecule has 1 N–H and O–H groups in total. The topological polar surface area (TPSA) is 55.1 Å². The Labute approximate surface area is 126 Å². The van der Waals surface area contributed by atoms with Gasteiger partial charge in [-0.15, -0.1) is 0 Å². The number of nitrogens with one attached hydrogen (secondary N) is 1. The highest BCUT2D eigenvalue weighted by Gasteiger charge is 2.12. The van der Waals surface area contributed by atoms with Crippen LogP contribution in [0.15, 0.2) is 65.3 Å². The van der Waals surface area contributed by atoms with Crippen molar-refractivity contribution in [3.8, 4) is 11.3 Å². The summed E-state index contributed by atoms with van der Waals surface area (Å²) in [4.78, 5) is 16.0. The molecule has 0 aliphatic heterocycles. The van der Waals surface area contributed by atoms with E-state index in [1.165, 1.54) is 12.1 Å². The number of halogens is 1. The van der Waals surface area contributed by atoms with Crippen molar-refractivity contribution in [3.05, 3.63) is 78.1 Å². The molecule has 2 heterocycles. The highest BCUT2D eigenvalue weighted by Crippen LogP contribution is 2.22. The molecule has 0 saturated heterocycles. The van der Waals surface area contributed by atoms with Crippen molar-refractivity contribution in [2.75, 3.05) is 0 Å². The number of furan rings is 1. The number of pyridine rings is 1. The van der Waals surface area contributed by atoms with Gasteiger partial charge in [-0.05, 0) is 48.0 Å². The van der Waals surface area contributed by atoms with Crippen molar-refractivity contribution in [2.24, 2.45) is 0 Å². The SMILES string of the molecule is O=C(NCc1cccnc1)c1ccc(-c2ccc(F)cc2)o1. The summed E-state index contributed by atoms with van der Waals surface area (Å²) < 4.78 is 18.4. The van der Waals surface area contributed by atoms with E-state index in [1.807, 2.05) is 6.07 Å². The van der Waals surface area contributed by atoms with Gasteiger partial charge in [-0.2, -0.15) is 0 Å². The van der Waals surface area contributed by atoms with Crippen LogP contribution in [0.25, 0.3) is 11.3 Å². The molecule has 1 aromatic carbocycles. The van der Waals surface area contributed by atoms with Gasteiger partial charge < -0.3 is 9.73 Å². The summed E-state index contributed by atoms with van der Waals surface area (Å²) in [6, 6.07) is 12.9. The van der Waals surface area contributed by atoms with Gasteiger partial charge in [0.05, 0.1) is 0 Å². The van der Waals surface area contributed by atoms with E-state index in [4.69, 9.17) is 4.42 Å². The van der Waals surface area contributed by atoms with E-state index in [9.17, 15) is 9.18 Å². The fourth-order valence-electron chi connectivity index (χ4n) is 2.00. The molecule has 0 spiro atoms. The monoisotopic (exact) mass is 296 g/mol. The molecule has 5 heteroatoms. The largest absolute Gasteiger partial charge is 0.451 e. The Kier molecular flexibility index (Phi) is 3.96.